The molecule has 0 radical (unpaired) electrons. The third kappa shape index (κ3) is 3.38. The smallest absolute Gasteiger partial charge is 0.412 e. The van der Waals surface area contributed by atoms with Gasteiger partial charge in [0.05, 0.1) is 10.9 Å². The van der Waals surface area contributed by atoms with E-state index >= 15 is 0 Å². The molecule has 2 aliphatic rings. The van der Waals surface area contributed by atoms with Crippen LogP contribution in [0.25, 0.3) is 0 Å². The van der Waals surface area contributed by atoms with E-state index in [2.05, 4.69) is 40.2 Å². The molecule has 4 nitrogen and oxygen atoms in total. The van der Waals surface area contributed by atoms with E-state index in [1.54, 1.807) is 0 Å². The first-order valence-corrected chi connectivity index (χ1v) is 9.98. The summed E-state index contributed by atoms with van der Waals surface area (Å²) in [4.78, 5) is 14.5. The summed E-state index contributed by atoms with van der Waals surface area (Å²) in [6.45, 7) is 1.04. The second kappa shape index (κ2) is 7.80. The van der Waals surface area contributed by atoms with Crippen LogP contribution >= 0.6 is 15.9 Å². The van der Waals surface area contributed by atoms with E-state index in [4.69, 9.17) is 9.47 Å². The lowest BCUT2D eigenvalue weighted by Gasteiger charge is -2.39. The zero-order valence-corrected chi connectivity index (χ0v) is 16.0. The number of rotatable bonds is 4. The van der Waals surface area contributed by atoms with E-state index in [0.29, 0.717) is 13.2 Å². The maximum absolute atomic E-state index is 12.6. The minimum absolute atomic E-state index is 0.0362. The van der Waals surface area contributed by atoms with Gasteiger partial charge >= 0.3 is 6.09 Å². The van der Waals surface area contributed by atoms with Crippen molar-refractivity contribution in [2.75, 3.05) is 13.2 Å². The summed E-state index contributed by atoms with van der Waals surface area (Å²) < 4.78 is 11.5. The molecule has 1 amide bonds. The van der Waals surface area contributed by atoms with Crippen molar-refractivity contribution in [2.45, 2.75) is 35.9 Å². The van der Waals surface area contributed by atoms with Gasteiger partial charge < -0.3 is 9.47 Å². The lowest BCUT2D eigenvalue weighted by molar-refractivity contribution is -0.0678. The summed E-state index contributed by atoms with van der Waals surface area (Å²) in [5.74, 6) is 0.0362. The van der Waals surface area contributed by atoms with E-state index in [1.165, 1.54) is 11.1 Å². The maximum atomic E-state index is 12.6. The predicted octanol–water partition coefficient (Wildman–Crippen LogP) is 4.54. The highest BCUT2D eigenvalue weighted by Gasteiger charge is 2.46. The topological polar surface area (TPSA) is 38.8 Å². The number of ether oxygens (including phenoxy) is 2. The minimum Gasteiger partial charge on any atom is -0.447 e. The van der Waals surface area contributed by atoms with Crippen molar-refractivity contribution in [3.63, 3.8) is 0 Å². The van der Waals surface area contributed by atoms with Crippen molar-refractivity contribution < 1.29 is 14.3 Å². The first-order valence-electron chi connectivity index (χ1n) is 9.06. The normalized spacial score (nSPS) is 26.2. The van der Waals surface area contributed by atoms with Crippen molar-refractivity contribution in [1.82, 2.24) is 4.90 Å². The molecule has 0 aliphatic carbocycles. The van der Waals surface area contributed by atoms with Crippen LogP contribution < -0.4 is 0 Å². The van der Waals surface area contributed by atoms with Crippen LogP contribution in [0.3, 0.4) is 0 Å². The van der Waals surface area contributed by atoms with Crippen LogP contribution in [0.5, 0.6) is 0 Å². The first-order chi connectivity index (χ1) is 12.8. The fourth-order valence-corrected chi connectivity index (χ4v) is 4.67. The molecule has 0 spiro atoms. The third-order valence-corrected chi connectivity index (χ3v) is 6.05. The quantitative estimate of drug-likeness (QED) is 0.687. The third-order valence-electron chi connectivity index (χ3n) is 5.14. The van der Waals surface area contributed by atoms with Crippen molar-refractivity contribution in [3.8, 4) is 0 Å². The van der Waals surface area contributed by atoms with Crippen molar-refractivity contribution in [1.29, 1.82) is 0 Å². The predicted molar refractivity (Wildman–Crippen MR) is 103 cm³/mol. The van der Waals surface area contributed by atoms with Crippen LogP contribution in [0.15, 0.2) is 60.7 Å². The average Bonchev–Trinajstić information content (AvgIpc) is 3.05. The van der Waals surface area contributed by atoms with Gasteiger partial charge in [-0.25, -0.2) is 4.79 Å². The number of carbonyl (C=O) groups is 1. The fraction of sp³-hybridized carbons (Fsp3) is 0.381. The molecule has 0 bridgehead atoms. The van der Waals surface area contributed by atoms with Crippen molar-refractivity contribution in [2.24, 2.45) is 0 Å². The van der Waals surface area contributed by atoms with Gasteiger partial charge in [0.25, 0.3) is 0 Å². The summed E-state index contributed by atoms with van der Waals surface area (Å²) in [7, 11) is 0. The van der Waals surface area contributed by atoms with E-state index in [0.717, 1.165) is 12.8 Å². The van der Waals surface area contributed by atoms with Crippen LogP contribution in [0.1, 0.15) is 29.9 Å². The Hall–Kier alpha value is -1.85. The van der Waals surface area contributed by atoms with Crippen molar-refractivity contribution in [3.05, 3.63) is 71.8 Å². The molecular formula is C21H22BrNO3. The second-order valence-electron chi connectivity index (χ2n) is 6.77. The van der Waals surface area contributed by atoms with Crippen LogP contribution in [0.2, 0.25) is 0 Å². The molecule has 4 rings (SSSR count). The highest BCUT2D eigenvalue weighted by Crippen LogP contribution is 2.37. The number of carbonyl (C=O) groups excluding carboxylic acids is 1. The number of cyclic esters (lactones) is 1. The maximum Gasteiger partial charge on any atom is 0.412 e. The fourth-order valence-electron chi connectivity index (χ4n) is 3.94. The molecule has 2 aliphatic heterocycles. The summed E-state index contributed by atoms with van der Waals surface area (Å²) in [5, 5.41) is 0. The average molecular weight is 416 g/mol. The number of halogens is 1. The minimum atomic E-state index is -0.293. The van der Waals surface area contributed by atoms with Crippen LogP contribution in [-0.4, -0.2) is 41.3 Å². The molecule has 0 saturated carbocycles. The summed E-state index contributed by atoms with van der Waals surface area (Å²) in [6.07, 6.45) is 1.41. The van der Waals surface area contributed by atoms with E-state index in [-0.39, 0.29) is 29.1 Å². The van der Waals surface area contributed by atoms with Gasteiger partial charge in [-0.15, -0.1) is 0 Å². The SMILES string of the molecule is O=C1OC[C@@H](C(c2ccccc2)c2ccccc2)N1[C@@H]1OCCC[C@H]1Br. The monoisotopic (exact) mass is 415 g/mol. The Morgan fingerprint density at radius 3 is 2.19 bits per heavy atom. The highest BCUT2D eigenvalue weighted by atomic mass is 79.9. The van der Waals surface area contributed by atoms with Gasteiger partial charge in [-0.05, 0) is 24.0 Å². The van der Waals surface area contributed by atoms with Crippen molar-refractivity contribution >= 4 is 22.0 Å². The molecule has 2 aromatic rings. The Morgan fingerprint density at radius 1 is 1.00 bits per heavy atom. The lowest BCUT2D eigenvalue weighted by Crippen LogP contribution is -2.51. The van der Waals surface area contributed by atoms with Gasteiger partial charge in [0.2, 0.25) is 0 Å². The number of hydrogen-bond donors (Lipinski definition) is 0. The molecule has 0 unspecified atom stereocenters. The molecule has 136 valence electrons. The molecule has 26 heavy (non-hydrogen) atoms. The number of nitrogens with zero attached hydrogens (tertiary/aromatic N) is 1. The standard InChI is InChI=1S/C21H22BrNO3/c22-17-12-7-13-25-20(17)23-18(14-26-21(23)24)19(15-8-3-1-4-9-15)16-10-5-2-6-11-16/h1-6,8-11,17-20H,7,12-14H2/t17-,18+,20-/m1/s1. The number of hydrogen-bond acceptors (Lipinski definition) is 3. The molecule has 5 heteroatoms. The Kier molecular flexibility index (Phi) is 5.27. The largest absolute Gasteiger partial charge is 0.447 e. The molecule has 0 N–H and O–H groups in total. The van der Waals surface area contributed by atoms with E-state index in [9.17, 15) is 4.79 Å². The zero-order valence-electron chi connectivity index (χ0n) is 14.5. The van der Waals surface area contributed by atoms with Gasteiger partial charge in [0.1, 0.15) is 12.8 Å². The van der Waals surface area contributed by atoms with Gasteiger partial charge in [-0.3, -0.25) is 4.90 Å². The van der Waals surface area contributed by atoms with Crippen LogP contribution in [0.4, 0.5) is 4.79 Å². The Bertz CT molecular complexity index is 700. The Balaban J connectivity index is 1.73. The van der Waals surface area contributed by atoms with Gasteiger partial charge in [0.15, 0.2) is 0 Å². The van der Waals surface area contributed by atoms with Gasteiger partial charge in [-0.2, -0.15) is 0 Å². The number of amides is 1. The van der Waals surface area contributed by atoms with E-state index in [1.807, 2.05) is 41.3 Å². The Morgan fingerprint density at radius 2 is 1.62 bits per heavy atom. The summed E-state index contributed by atoms with van der Waals surface area (Å²) in [5.41, 5.74) is 2.35. The zero-order chi connectivity index (χ0) is 17.9. The van der Waals surface area contributed by atoms with E-state index < -0.39 is 0 Å². The van der Waals surface area contributed by atoms with Crippen LogP contribution in [-0.2, 0) is 9.47 Å². The first kappa shape index (κ1) is 17.6. The molecule has 2 heterocycles. The summed E-state index contributed by atoms with van der Waals surface area (Å²) >= 11 is 3.71. The van der Waals surface area contributed by atoms with Gasteiger partial charge in [0, 0.05) is 12.5 Å². The second-order valence-corrected chi connectivity index (χ2v) is 7.95. The molecule has 3 atom stereocenters. The highest BCUT2D eigenvalue weighted by molar-refractivity contribution is 9.09. The molecule has 2 aromatic carbocycles. The summed E-state index contributed by atoms with van der Waals surface area (Å²) in [6, 6.07) is 20.5. The molecule has 0 aromatic heterocycles. The Labute approximate surface area is 162 Å². The molecular weight excluding hydrogens is 394 g/mol. The number of alkyl halides is 1. The number of benzene rings is 2. The lowest BCUT2D eigenvalue weighted by atomic mass is 9.84. The van der Waals surface area contributed by atoms with Gasteiger partial charge in [-0.1, -0.05) is 76.6 Å². The molecule has 2 fully saturated rings. The van der Waals surface area contributed by atoms with Crippen LogP contribution in [0, 0.1) is 0 Å². The molecule has 2 saturated heterocycles.